The van der Waals surface area contributed by atoms with Gasteiger partial charge in [0.25, 0.3) is 11.8 Å². The lowest BCUT2D eigenvalue weighted by atomic mass is 10.2. The summed E-state index contributed by atoms with van der Waals surface area (Å²) in [6.07, 6.45) is 0. The monoisotopic (exact) mass is 316 g/mol. The third-order valence-corrected chi connectivity index (χ3v) is 3.10. The Morgan fingerprint density at radius 1 is 1.13 bits per heavy atom. The average molecular weight is 316 g/mol. The highest BCUT2D eigenvalue weighted by Crippen LogP contribution is 2.11. The maximum atomic E-state index is 11.8. The molecule has 2 amide bonds. The van der Waals surface area contributed by atoms with E-state index >= 15 is 0 Å². The lowest BCUT2D eigenvalue weighted by molar-refractivity contribution is -0.130. The van der Waals surface area contributed by atoms with Crippen molar-refractivity contribution in [3.05, 3.63) is 47.3 Å². The van der Waals surface area contributed by atoms with Gasteiger partial charge >= 0.3 is 0 Å². The third-order valence-electron chi connectivity index (χ3n) is 3.10. The summed E-state index contributed by atoms with van der Waals surface area (Å²) in [5.74, 6) is -0.192. The van der Waals surface area contributed by atoms with E-state index in [1.54, 1.807) is 10.7 Å². The van der Waals surface area contributed by atoms with E-state index in [0.29, 0.717) is 5.75 Å². The number of benzene rings is 1. The molecular weight excluding hydrogens is 296 g/mol. The van der Waals surface area contributed by atoms with Gasteiger partial charge in [-0.3, -0.25) is 25.1 Å². The first kappa shape index (κ1) is 16.5. The van der Waals surface area contributed by atoms with Crippen LogP contribution in [0.5, 0.6) is 5.75 Å². The minimum atomic E-state index is -0.437. The van der Waals surface area contributed by atoms with Gasteiger partial charge in [0.05, 0.1) is 5.69 Å². The van der Waals surface area contributed by atoms with Crippen molar-refractivity contribution >= 4 is 11.8 Å². The number of carbonyl (C=O) groups is 2. The van der Waals surface area contributed by atoms with Gasteiger partial charge in [-0.25, -0.2) is 0 Å². The van der Waals surface area contributed by atoms with Crippen molar-refractivity contribution in [2.45, 2.75) is 27.3 Å². The minimum Gasteiger partial charge on any atom is -0.484 e. The Bertz CT molecular complexity index is 709. The van der Waals surface area contributed by atoms with Gasteiger partial charge in [0.2, 0.25) is 0 Å². The fraction of sp³-hybridized carbons (Fsp3) is 0.312. The van der Waals surface area contributed by atoms with Gasteiger partial charge in [-0.15, -0.1) is 0 Å². The number of nitrogens with one attached hydrogen (secondary N) is 2. The Balaban J connectivity index is 1.73. The predicted molar refractivity (Wildman–Crippen MR) is 84.7 cm³/mol. The van der Waals surface area contributed by atoms with Crippen LogP contribution in [-0.4, -0.2) is 28.2 Å². The van der Waals surface area contributed by atoms with Crippen molar-refractivity contribution in [2.75, 3.05) is 6.61 Å². The number of aromatic nitrogens is 2. The van der Waals surface area contributed by atoms with Crippen LogP contribution in [0.3, 0.4) is 0 Å². The van der Waals surface area contributed by atoms with E-state index in [9.17, 15) is 9.59 Å². The zero-order chi connectivity index (χ0) is 16.8. The molecule has 2 rings (SSSR count). The minimum absolute atomic E-state index is 0.0404. The molecule has 122 valence electrons. The molecule has 0 aliphatic carbocycles. The number of hydrazine groups is 1. The van der Waals surface area contributed by atoms with Crippen molar-refractivity contribution in [1.29, 1.82) is 0 Å². The molecule has 0 atom stereocenters. The number of hydrogen-bond donors (Lipinski definition) is 2. The van der Waals surface area contributed by atoms with E-state index in [4.69, 9.17) is 4.74 Å². The van der Waals surface area contributed by atoms with Crippen molar-refractivity contribution in [1.82, 2.24) is 20.6 Å². The van der Waals surface area contributed by atoms with Gasteiger partial charge in [0.15, 0.2) is 6.61 Å². The molecule has 0 saturated carbocycles. The fourth-order valence-corrected chi connectivity index (χ4v) is 2.04. The van der Waals surface area contributed by atoms with Crippen molar-refractivity contribution in [3.63, 3.8) is 0 Å². The summed E-state index contributed by atoms with van der Waals surface area (Å²) in [5.41, 5.74) is 7.41. The molecule has 0 bridgehead atoms. The largest absolute Gasteiger partial charge is 0.484 e. The highest BCUT2D eigenvalue weighted by Gasteiger charge is 2.09. The van der Waals surface area contributed by atoms with E-state index < -0.39 is 5.91 Å². The first-order valence-corrected chi connectivity index (χ1v) is 7.22. The number of nitrogens with zero attached hydrogens (tertiary/aromatic N) is 2. The van der Waals surface area contributed by atoms with Crippen LogP contribution in [0.15, 0.2) is 30.3 Å². The second-order valence-corrected chi connectivity index (χ2v) is 5.29. The molecule has 0 radical (unpaired) electrons. The molecule has 1 aromatic heterocycles. The fourth-order valence-electron chi connectivity index (χ4n) is 2.04. The molecule has 0 aliphatic heterocycles. The van der Waals surface area contributed by atoms with E-state index in [1.807, 2.05) is 45.0 Å². The Labute approximate surface area is 134 Å². The smallest absolute Gasteiger partial charge is 0.276 e. The van der Waals surface area contributed by atoms with Crippen LogP contribution in [0.2, 0.25) is 0 Å². The summed E-state index contributed by atoms with van der Waals surface area (Å²) in [5, 5.41) is 4.18. The normalized spacial score (nSPS) is 10.2. The molecule has 0 aliphatic rings. The van der Waals surface area contributed by atoms with Crippen LogP contribution in [0, 0.1) is 20.8 Å². The first-order valence-electron chi connectivity index (χ1n) is 7.22. The second-order valence-electron chi connectivity index (χ2n) is 5.29. The highest BCUT2D eigenvalue weighted by molar-refractivity contribution is 5.82. The zero-order valence-electron chi connectivity index (χ0n) is 13.4. The van der Waals surface area contributed by atoms with Crippen LogP contribution >= 0.6 is 0 Å². The molecule has 23 heavy (non-hydrogen) atoms. The molecule has 7 nitrogen and oxygen atoms in total. The van der Waals surface area contributed by atoms with Gasteiger partial charge in [-0.05, 0) is 44.5 Å². The van der Waals surface area contributed by atoms with Crippen molar-refractivity contribution in [2.24, 2.45) is 0 Å². The van der Waals surface area contributed by atoms with Crippen LogP contribution in [0.25, 0.3) is 0 Å². The van der Waals surface area contributed by atoms with Crippen LogP contribution < -0.4 is 15.6 Å². The van der Waals surface area contributed by atoms with Crippen LogP contribution in [0.1, 0.15) is 17.0 Å². The summed E-state index contributed by atoms with van der Waals surface area (Å²) >= 11 is 0. The molecule has 0 unspecified atom stereocenters. The number of amides is 2. The summed E-state index contributed by atoms with van der Waals surface area (Å²) in [6.45, 7) is 5.52. The quantitative estimate of drug-likeness (QED) is 0.807. The number of rotatable bonds is 5. The summed E-state index contributed by atoms with van der Waals surface area (Å²) in [7, 11) is 0. The van der Waals surface area contributed by atoms with Crippen molar-refractivity contribution < 1.29 is 14.3 Å². The van der Waals surface area contributed by atoms with Crippen molar-refractivity contribution in [3.8, 4) is 5.75 Å². The molecule has 2 N–H and O–H groups in total. The van der Waals surface area contributed by atoms with Gasteiger partial charge < -0.3 is 4.74 Å². The van der Waals surface area contributed by atoms with E-state index in [2.05, 4.69) is 16.0 Å². The Morgan fingerprint density at radius 2 is 1.87 bits per heavy atom. The molecule has 1 heterocycles. The van der Waals surface area contributed by atoms with Crippen LogP contribution in [-0.2, 0) is 16.1 Å². The second kappa shape index (κ2) is 7.44. The van der Waals surface area contributed by atoms with Crippen LogP contribution in [0.4, 0.5) is 0 Å². The lowest BCUT2D eigenvalue weighted by Gasteiger charge is -2.09. The standard InChI is InChI=1S/C16H20N4O3/c1-11-5-4-6-14(7-11)23-10-16(22)18-17-15(21)9-20-13(3)8-12(2)19-20/h4-8H,9-10H2,1-3H3,(H,17,21)(H,18,22). The number of aryl methyl sites for hydroxylation is 3. The van der Waals surface area contributed by atoms with Gasteiger partial charge in [0.1, 0.15) is 12.3 Å². The SMILES string of the molecule is Cc1cccc(OCC(=O)NNC(=O)Cn2nc(C)cc2C)c1. The lowest BCUT2D eigenvalue weighted by Crippen LogP contribution is -2.45. The molecular formula is C16H20N4O3. The summed E-state index contributed by atoms with van der Waals surface area (Å²) < 4.78 is 6.91. The van der Waals surface area contributed by atoms with Gasteiger partial charge in [-0.2, -0.15) is 5.10 Å². The topological polar surface area (TPSA) is 85.3 Å². The first-order chi connectivity index (χ1) is 10.9. The molecule has 7 heteroatoms. The summed E-state index contributed by atoms with van der Waals surface area (Å²) in [6, 6.07) is 9.25. The third kappa shape index (κ3) is 5.14. The molecule has 1 aromatic carbocycles. The number of ether oxygens (including phenoxy) is 1. The molecule has 0 spiro atoms. The maximum absolute atomic E-state index is 11.8. The highest BCUT2D eigenvalue weighted by atomic mass is 16.5. The predicted octanol–water partition coefficient (Wildman–Crippen LogP) is 1.03. The number of hydrogen-bond acceptors (Lipinski definition) is 4. The summed E-state index contributed by atoms with van der Waals surface area (Å²) in [4.78, 5) is 23.4. The average Bonchev–Trinajstić information content (AvgIpc) is 2.81. The zero-order valence-corrected chi connectivity index (χ0v) is 13.4. The Morgan fingerprint density at radius 3 is 2.52 bits per heavy atom. The Hall–Kier alpha value is -2.83. The maximum Gasteiger partial charge on any atom is 0.276 e. The Kier molecular flexibility index (Phi) is 5.35. The number of carbonyl (C=O) groups excluding carboxylic acids is 2. The van der Waals surface area contributed by atoms with Gasteiger partial charge in [-0.1, -0.05) is 12.1 Å². The molecule has 0 saturated heterocycles. The van der Waals surface area contributed by atoms with E-state index in [1.165, 1.54) is 0 Å². The van der Waals surface area contributed by atoms with E-state index in [0.717, 1.165) is 17.0 Å². The molecule has 0 fully saturated rings. The molecule has 2 aromatic rings. The van der Waals surface area contributed by atoms with Gasteiger partial charge in [0, 0.05) is 5.69 Å². The van der Waals surface area contributed by atoms with E-state index in [-0.39, 0.29) is 19.1 Å².